The second kappa shape index (κ2) is 9.56. The van der Waals surface area contributed by atoms with Gasteiger partial charge in [0.2, 0.25) is 0 Å². The maximum absolute atomic E-state index is 13.6. The minimum absolute atomic E-state index is 0.0302. The SMILES string of the molecule is O=C(NC(Cc1ccccc1)(c1cccc(C(F)(F)F)c1)c1cccc(C(F)(F)F)c1)c1ccoc1. The molecule has 9 heteroatoms. The van der Waals surface area contributed by atoms with E-state index in [9.17, 15) is 31.1 Å². The van der Waals surface area contributed by atoms with Gasteiger partial charge < -0.3 is 9.73 Å². The van der Waals surface area contributed by atoms with E-state index in [2.05, 4.69) is 5.32 Å². The summed E-state index contributed by atoms with van der Waals surface area (Å²) in [5.41, 5.74) is -3.21. The van der Waals surface area contributed by atoms with E-state index in [0.717, 1.165) is 42.7 Å². The number of hydrogen-bond donors (Lipinski definition) is 1. The van der Waals surface area contributed by atoms with Crippen LogP contribution in [-0.2, 0) is 24.3 Å². The summed E-state index contributed by atoms with van der Waals surface area (Å²) in [6.45, 7) is 0. The van der Waals surface area contributed by atoms with Crippen molar-refractivity contribution in [1.29, 1.82) is 0 Å². The van der Waals surface area contributed by atoms with Gasteiger partial charge in [-0.15, -0.1) is 0 Å². The molecule has 36 heavy (non-hydrogen) atoms. The van der Waals surface area contributed by atoms with Crippen LogP contribution in [0, 0.1) is 0 Å². The van der Waals surface area contributed by atoms with Gasteiger partial charge in [0.1, 0.15) is 6.26 Å². The largest absolute Gasteiger partial charge is 0.472 e. The van der Waals surface area contributed by atoms with Crippen molar-refractivity contribution in [3.05, 3.63) is 131 Å². The molecule has 1 aromatic heterocycles. The monoisotopic (exact) mass is 503 g/mol. The van der Waals surface area contributed by atoms with Gasteiger partial charge in [-0.05, 0) is 47.0 Å². The van der Waals surface area contributed by atoms with Crippen LogP contribution in [-0.4, -0.2) is 5.91 Å². The highest BCUT2D eigenvalue weighted by molar-refractivity contribution is 5.94. The Bertz CT molecular complexity index is 1270. The molecule has 3 aromatic carbocycles. The van der Waals surface area contributed by atoms with Crippen LogP contribution in [0.1, 0.15) is 38.2 Å². The van der Waals surface area contributed by atoms with Crippen LogP contribution >= 0.6 is 0 Å². The number of carbonyl (C=O) groups excluding carboxylic acids is 1. The lowest BCUT2D eigenvalue weighted by molar-refractivity contribution is -0.138. The van der Waals surface area contributed by atoms with E-state index in [0.29, 0.717) is 5.56 Å². The summed E-state index contributed by atoms with van der Waals surface area (Å²) in [6.07, 6.45) is -7.17. The van der Waals surface area contributed by atoms with Crippen LogP contribution < -0.4 is 5.32 Å². The maximum atomic E-state index is 13.6. The molecule has 0 aliphatic heterocycles. The Morgan fingerprint density at radius 3 is 1.69 bits per heavy atom. The lowest BCUT2D eigenvalue weighted by Crippen LogP contribution is -2.48. The van der Waals surface area contributed by atoms with Crippen molar-refractivity contribution in [2.24, 2.45) is 0 Å². The van der Waals surface area contributed by atoms with Crippen molar-refractivity contribution in [2.45, 2.75) is 24.3 Å². The zero-order valence-electron chi connectivity index (χ0n) is 18.5. The fourth-order valence-corrected chi connectivity index (χ4v) is 4.04. The first-order valence-electron chi connectivity index (χ1n) is 10.7. The first kappa shape index (κ1) is 25.1. The molecule has 0 fully saturated rings. The fourth-order valence-electron chi connectivity index (χ4n) is 4.04. The highest BCUT2D eigenvalue weighted by atomic mass is 19.4. The van der Waals surface area contributed by atoms with Crippen molar-refractivity contribution < 1.29 is 35.6 Å². The Labute approximate surface area is 202 Å². The summed E-state index contributed by atoms with van der Waals surface area (Å²) in [5, 5.41) is 2.74. The second-order valence-electron chi connectivity index (χ2n) is 8.19. The molecule has 0 saturated carbocycles. The fraction of sp³-hybridized carbons (Fsp3) is 0.148. The molecule has 0 aliphatic rings. The predicted octanol–water partition coefficient (Wildman–Crippen LogP) is 7.23. The van der Waals surface area contributed by atoms with Gasteiger partial charge in [0.15, 0.2) is 0 Å². The molecular formula is C27H19F6NO2. The summed E-state index contributed by atoms with van der Waals surface area (Å²) >= 11 is 0. The van der Waals surface area contributed by atoms with Gasteiger partial charge in [0.05, 0.1) is 28.5 Å². The molecule has 0 bridgehead atoms. The molecule has 0 aliphatic carbocycles. The number of alkyl halides is 6. The van der Waals surface area contributed by atoms with E-state index >= 15 is 0 Å². The smallest absolute Gasteiger partial charge is 0.416 e. The number of halogens is 6. The summed E-state index contributed by atoms with van der Waals surface area (Å²) in [4.78, 5) is 13.2. The summed E-state index contributed by atoms with van der Waals surface area (Å²) in [5.74, 6) is -0.727. The van der Waals surface area contributed by atoms with E-state index in [1.807, 2.05) is 0 Å². The van der Waals surface area contributed by atoms with Crippen LogP contribution in [0.3, 0.4) is 0 Å². The topological polar surface area (TPSA) is 42.2 Å². The molecular weight excluding hydrogens is 484 g/mol. The first-order chi connectivity index (χ1) is 17.0. The minimum Gasteiger partial charge on any atom is -0.472 e. The van der Waals surface area contributed by atoms with Crippen LogP contribution in [0.2, 0.25) is 0 Å². The summed E-state index contributed by atoms with van der Waals surface area (Å²) < 4.78 is 86.8. The molecule has 4 aromatic rings. The lowest BCUT2D eigenvalue weighted by Gasteiger charge is -2.37. The summed E-state index contributed by atoms with van der Waals surface area (Å²) in [6, 6.07) is 18.3. The van der Waals surface area contributed by atoms with Crippen molar-refractivity contribution >= 4 is 5.91 Å². The van der Waals surface area contributed by atoms with Gasteiger partial charge in [-0.25, -0.2) is 0 Å². The maximum Gasteiger partial charge on any atom is 0.416 e. The van der Waals surface area contributed by atoms with E-state index in [1.54, 1.807) is 30.3 Å². The Balaban J connectivity index is 1.99. The minimum atomic E-state index is -4.71. The Hall–Kier alpha value is -4.01. The van der Waals surface area contributed by atoms with Crippen molar-refractivity contribution in [1.82, 2.24) is 5.32 Å². The second-order valence-corrected chi connectivity index (χ2v) is 8.19. The van der Waals surface area contributed by atoms with Gasteiger partial charge in [-0.3, -0.25) is 4.79 Å². The van der Waals surface area contributed by atoms with Crippen LogP contribution in [0.15, 0.2) is 102 Å². The van der Waals surface area contributed by atoms with Crippen LogP contribution in [0.5, 0.6) is 0 Å². The zero-order valence-corrected chi connectivity index (χ0v) is 18.5. The first-order valence-corrected chi connectivity index (χ1v) is 10.7. The van der Waals surface area contributed by atoms with Crippen molar-refractivity contribution in [2.75, 3.05) is 0 Å². The number of furan rings is 1. The van der Waals surface area contributed by atoms with E-state index < -0.39 is 34.9 Å². The molecule has 0 spiro atoms. The molecule has 1 heterocycles. The Kier molecular flexibility index (Phi) is 6.67. The van der Waals surface area contributed by atoms with Gasteiger partial charge in [-0.2, -0.15) is 26.3 Å². The third-order valence-electron chi connectivity index (χ3n) is 5.79. The molecule has 4 rings (SSSR count). The predicted molar refractivity (Wildman–Crippen MR) is 120 cm³/mol. The highest BCUT2D eigenvalue weighted by Gasteiger charge is 2.41. The number of benzene rings is 3. The Morgan fingerprint density at radius 2 is 1.22 bits per heavy atom. The van der Waals surface area contributed by atoms with Crippen molar-refractivity contribution in [3.63, 3.8) is 0 Å². The van der Waals surface area contributed by atoms with E-state index in [1.165, 1.54) is 24.5 Å². The van der Waals surface area contributed by atoms with Gasteiger partial charge in [0.25, 0.3) is 5.91 Å². The third-order valence-corrected chi connectivity index (χ3v) is 5.79. The van der Waals surface area contributed by atoms with Crippen molar-refractivity contribution in [3.8, 4) is 0 Å². The quantitative estimate of drug-likeness (QED) is 0.282. The third kappa shape index (κ3) is 5.30. The molecule has 0 radical (unpaired) electrons. The number of amides is 1. The molecule has 3 nitrogen and oxygen atoms in total. The number of nitrogens with one attached hydrogen (secondary N) is 1. The van der Waals surface area contributed by atoms with Crippen LogP contribution in [0.25, 0.3) is 0 Å². The van der Waals surface area contributed by atoms with E-state index in [4.69, 9.17) is 4.42 Å². The normalized spacial score (nSPS) is 12.4. The lowest BCUT2D eigenvalue weighted by atomic mass is 9.76. The van der Waals surface area contributed by atoms with Gasteiger partial charge in [0, 0.05) is 6.42 Å². The average molecular weight is 503 g/mol. The molecule has 0 saturated heterocycles. The molecule has 0 unspecified atom stereocenters. The number of carbonyl (C=O) groups is 1. The van der Waals surface area contributed by atoms with Gasteiger partial charge in [-0.1, -0.05) is 54.6 Å². The highest BCUT2D eigenvalue weighted by Crippen LogP contribution is 2.40. The molecule has 186 valence electrons. The van der Waals surface area contributed by atoms with Crippen LogP contribution in [0.4, 0.5) is 26.3 Å². The molecule has 1 N–H and O–H groups in total. The van der Waals surface area contributed by atoms with Gasteiger partial charge >= 0.3 is 12.4 Å². The average Bonchev–Trinajstić information content (AvgIpc) is 3.39. The number of hydrogen-bond acceptors (Lipinski definition) is 2. The van der Waals surface area contributed by atoms with E-state index in [-0.39, 0.29) is 23.1 Å². The standard InChI is InChI=1S/C27H19F6NO2/c28-26(29,30)22-10-4-8-20(14-22)25(16-18-6-2-1-3-7-18,34-24(35)19-12-13-36-17-19)21-9-5-11-23(15-21)27(31,32)33/h1-15,17H,16H2,(H,34,35). The summed E-state index contributed by atoms with van der Waals surface area (Å²) in [7, 11) is 0. The molecule has 0 atom stereocenters. The molecule has 1 amide bonds. The zero-order chi connectivity index (χ0) is 26.0. The Morgan fingerprint density at radius 1 is 0.694 bits per heavy atom. The number of rotatable bonds is 6.